The van der Waals surface area contributed by atoms with Crippen LogP contribution in [0.4, 0.5) is 0 Å². The molecule has 0 unspecified atom stereocenters. The predicted octanol–water partition coefficient (Wildman–Crippen LogP) is -0.877. The molecular weight excluding hydrogens is 300 g/mol. The summed E-state index contributed by atoms with van der Waals surface area (Å²) in [5, 5.41) is 11.9. The lowest BCUT2D eigenvalue weighted by atomic mass is 10.2. The Balaban J connectivity index is 1.80. The van der Waals surface area contributed by atoms with Crippen molar-refractivity contribution in [2.45, 2.75) is 44.9 Å². The third kappa shape index (κ3) is 2.92. The van der Waals surface area contributed by atoms with E-state index in [1.807, 2.05) is 6.07 Å². The zero-order chi connectivity index (χ0) is 16.4. The van der Waals surface area contributed by atoms with Crippen LogP contribution in [0.1, 0.15) is 30.5 Å². The monoisotopic (exact) mass is 318 g/mol. The highest BCUT2D eigenvalue weighted by Gasteiger charge is 2.23. The molecule has 122 valence electrons. The molecular formula is C15H18N4O4. The van der Waals surface area contributed by atoms with Crippen molar-refractivity contribution in [1.82, 2.24) is 14.5 Å². The molecule has 3 rings (SSSR count). The summed E-state index contributed by atoms with van der Waals surface area (Å²) in [4.78, 5) is 36.7. The van der Waals surface area contributed by atoms with Gasteiger partial charge in [0.25, 0.3) is 5.56 Å². The van der Waals surface area contributed by atoms with Gasteiger partial charge < -0.3 is 10.1 Å². The highest BCUT2D eigenvalue weighted by Crippen LogP contribution is 2.13. The minimum atomic E-state index is -0.682. The number of hydrogen-bond donors (Lipinski definition) is 1. The van der Waals surface area contributed by atoms with E-state index in [9.17, 15) is 19.6 Å². The Hall–Kier alpha value is -2.40. The Morgan fingerprint density at radius 2 is 2.22 bits per heavy atom. The lowest BCUT2D eigenvalue weighted by Crippen LogP contribution is -2.45. The first-order valence-electron chi connectivity index (χ1n) is 7.76. The normalized spacial score (nSPS) is 19.3. The average molecular weight is 318 g/mol. The van der Waals surface area contributed by atoms with Crippen LogP contribution >= 0.6 is 0 Å². The van der Waals surface area contributed by atoms with E-state index in [0.717, 1.165) is 23.8 Å². The molecule has 1 N–H and O–H groups in total. The first-order chi connectivity index (χ1) is 11.1. The number of fused-ring (bicyclic) bond motifs is 1. The number of amides is 1. The van der Waals surface area contributed by atoms with Crippen LogP contribution in [0.3, 0.4) is 0 Å². The van der Waals surface area contributed by atoms with Gasteiger partial charge in [0.15, 0.2) is 0 Å². The molecule has 8 heteroatoms. The van der Waals surface area contributed by atoms with E-state index in [0.29, 0.717) is 31.8 Å². The predicted molar refractivity (Wildman–Crippen MR) is 80.0 cm³/mol. The van der Waals surface area contributed by atoms with Crippen molar-refractivity contribution in [1.29, 1.82) is 5.26 Å². The van der Waals surface area contributed by atoms with Crippen LogP contribution < -0.4 is 16.6 Å². The molecule has 1 atom stereocenters. The molecule has 1 aromatic heterocycles. The summed E-state index contributed by atoms with van der Waals surface area (Å²) in [6.45, 7) is 1.16. The number of aromatic nitrogens is 2. The van der Waals surface area contributed by atoms with Gasteiger partial charge in [-0.1, -0.05) is 0 Å². The van der Waals surface area contributed by atoms with E-state index >= 15 is 0 Å². The minimum absolute atomic E-state index is 0.00791. The van der Waals surface area contributed by atoms with Gasteiger partial charge in [0.2, 0.25) is 5.91 Å². The Labute approximate surface area is 132 Å². The first-order valence-corrected chi connectivity index (χ1v) is 7.76. The zero-order valence-corrected chi connectivity index (χ0v) is 12.7. The van der Waals surface area contributed by atoms with Gasteiger partial charge in [-0.05, 0) is 25.7 Å². The molecule has 0 radical (unpaired) electrons. The lowest BCUT2D eigenvalue weighted by molar-refractivity contribution is -0.122. The quantitative estimate of drug-likeness (QED) is 0.776. The fourth-order valence-electron chi connectivity index (χ4n) is 3.12. The largest absolute Gasteiger partial charge is 0.376 e. The lowest BCUT2D eigenvalue weighted by Gasteiger charge is -2.13. The van der Waals surface area contributed by atoms with Gasteiger partial charge in [0, 0.05) is 25.4 Å². The first kappa shape index (κ1) is 15.5. The summed E-state index contributed by atoms with van der Waals surface area (Å²) in [5.41, 5.74) is -0.751. The van der Waals surface area contributed by atoms with Gasteiger partial charge in [-0.2, -0.15) is 5.26 Å². The van der Waals surface area contributed by atoms with E-state index in [4.69, 9.17) is 4.74 Å². The van der Waals surface area contributed by atoms with Crippen LogP contribution in [0.15, 0.2) is 9.59 Å². The molecule has 1 saturated heterocycles. The molecule has 1 aromatic rings. The van der Waals surface area contributed by atoms with Crippen molar-refractivity contribution in [3.63, 3.8) is 0 Å². The van der Waals surface area contributed by atoms with Crippen molar-refractivity contribution in [3.05, 3.63) is 32.1 Å². The number of carbonyl (C=O) groups is 1. The third-order valence-electron chi connectivity index (χ3n) is 4.29. The van der Waals surface area contributed by atoms with Gasteiger partial charge in [-0.25, -0.2) is 9.36 Å². The zero-order valence-electron chi connectivity index (χ0n) is 12.7. The van der Waals surface area contributed by atoms with Crippen LogP contribution in [-0.2, 0) is 29.0 Å². The van der Waals surface area contributed by atoms with E-state index in [1.165, 1.54) is 4.57 Å². The van der Waals surface area contributed by atoms with Gasteiger partial charge in [-0.15, -0.1) is 0 Å². The van der Waals surface area contributed by atoms with Gasteiger partial charge in [0.05, 0.1) is 6.10 Å². The summed E-state index contributed by atoms with van der Waals surface area (Å²) >= 11 is 0. The van der Waals surface area contributed by atoms with Gasteiger partial charge >= 0.3 is 5.69 Å². The van der Waals surface area contributed by atoms with E-state index < -0.39 is 17.2 Å². The van der Waals surface area contributed by atoms with Crippen molar-refractivity contribution in [3.8, 4) is 6.07 Å². The van der Waals surface area contributed by atoms with Gasteiger partial charge in [0.1, 0.15) is 18.2 Å². The standard InChI is InChI=1S/C15H18N4O4/c16-7-11-12-4-1-5-18(12)15(22)19(14(11)21)9-13(20)17-8-10-3-2-6-23-10/h10H,1-6,8-9H2,(H,17,20)/t10-/m0/s1. The maximum absolute atomic E-state index is 12.4. The van der Waals surface area contributed by atoms with Crippen LogP contribution in [0.25, 0.3) is 0 Å². The molecule has 3 heterocycles. The summed E-state index contributed by atoms with van der Waals surface area (Å²) in [6.07, 6.45) is 3.11. The number of nitrogens with zero attached hydrogens (tertiary/aromatic N) is 3. The highest BCUT2D eigenvalue weighted by atomic mass is 16.5. The van der Waals surface area contributed by atoms with Crippen LogP contribution in [-0.4, -0.2) is 34.3 Å². The number of ether oxygens (including phenoxy) is 1. The molecule has 0 saturated carbocycles. The van der Waals surface area contributed by atoms with Crippen molar-refractivity contribution in [2.75, 3.05) is 13.2 Å². The Morgan fingerprint density at radius 3 is 2.91 bits per heavy atom. The second-order valence-corrected chi connectivity index (χ2v) is 5.80. The number of hydrogen-bond acceptors (Lipinski definition) is 5. The molecule has 1 amide bonds. The number of nitrogens with one attached hydrogen (secondary N) is 1. The number of nitriles is 1. The Kier molecular flexibility index (Phi) is 4.30. The highest BCUT2D eigenvalue weighted by molar-refractivity contribution is 5.75. The second kappa shape index (κ2) is 6.38. The average Bonchev–Trinajstić information content (AvgIpc) is 3.21. The van der Waals surface area contributed by atoms with Crippen molar-refractivity contribution in [2.24, 2.45) is 0 Å². The van der Waals surface area contributed by atoms with Gasteiger partial charge in [-0.3, -0.25) is 14.2 Å². The SMILES string of the molecule is N#Cc1c2n(c(=O)n(CC(=O)NC[C@@H]3CCCO3)c1=O)CCC2. The molecule has 1 fully saturated rings. The minimum Gasteiger partial charge on any atom is -0.376 e. The van der Waals surface area contributed by atoms with E-state index in [2.05, 4.69) is 5.32 Å². The smallest absolute Gasteiger partial charge is 0.331 e. The van der Waals surface area contributed by atoms with Crippen molar-refractivity contribution < 1.29 is 9.53 Å². The fraction of sp³-hybridized carbons (Fsp3) is 0.600. The van der Waals surface area contributed by atoms with Crippen LogP contribution in [0.2, 0.25) is 0 Å². The van der Waals surface area contributed by atoms with E-state index in [-0.39, 0.29) is 18.2 Å². The number of carbonyl (C=O) groups excluding carboxylic acids is 1. The summed E-state index contributed by atoms with van der Waals surface area (Å²) in [6, 6.07) is 1.87. The molecule has 23 heavy (non-hydrogen) atoms. The summed E-state index contributed by atoms with van der Waals surface area (Å²) < 4.78 is 7.68. The fourth-order valence-corrected chi connectivity index (χ4v) is 3.12. The Bertz CT molecular complexity index is 780. The maximum atomic E-state index is 12.4. The molecule has 2 aliphatic rings. The third-order valence-corrected chi connectivity index (χ3v) is 4.29. The Morgan fingerprint density at radius 1 is 1.39 bits per heavy atom. The van der Waals surface area contributed by atoms with Crippen LogP contribution in [0.5, 0.6) is 0 Å². The summed E-state index contributed by atoms with van der Waals surface area (Å²) in [5.74, 6) is -0.429. The molecule has 2 aliphatic heterocycles. The second-order valence-electron chi connectivity index (χ2n) is 5.80. The molecule has 8 nitrogen and oxygen atoms in total. The molecule has 0 bridgehead atoms. The topological polar surface area (TPSA) is 106 Å². The van der Waals surface area contributed by atoms with E-state index in [1.54, 1.807) is 0 Å². The molecule has 0 aromatic carbocycles. The summed E-state index contributed by atoms with van der Waals surface area (Å²) in [7, 11) is 0. The van der Waals surface area contributed by atoms with Crippen LogP contribution in [0, 0.1) is 11.3 Å². The number of rotatable bonds is 4. The molecule has 0 aliphatic carbocycles. The maximum Gasteiger partial charge on any atom is 0.331 e. The molecule has 0 spiro atoms. The van der Waals surface area contributed by atoms with Crippen molar-refractivity contribution >= 4 is 5.91 Å².